The number of nitrogens with one attached hydrogen (secondary N) is 2. The third kappa shape index (κ3) is 5.64. The van der Waals surface area contributed by atoms with E-state index in [1.54, 1.807) is 24.3 Å². The van der Waals surface area contributed by atoms with Crippen LogP contribution >= 0.6 is 11.6 Å². The smallest absolute Gasteiger partial charge is 0.252 e. The number of rotatable bonds is 8. The summed E-state index contributed by atoms with van der Waals surface area (Å²) in [6.45, 7) is 4.65. The third-order valence-electron chi connectivity index (χ3n) is 5.52. The van der Waals surface area contributed by atoms with Gasteiger partial charge in [-0.05, 0) is 67.8 Å². The first-order valence-corrected chi connectivity index (χ1v) is 11.6. The Bertz CT molecular complexity index is 1330. The molecule has 7 heteroatoms. The molecule has 0 aliphatic rings. The Hall–Kier alpha value is -3.64. The normalized spacial score (nSPS) is 10.9. The fourth-order valence-corrected chi connectivity index (χ4v) is 4.29. The molecule has 6 nitrogen and oxygen atoms in total. The summed E-state index contributed by atoms with van der Waals surface area (Å²) in [5.41, 5.74) is 5.20. The van der Waals surface area contributed by atoms with Crippen molar-refractivity contribution in [1.29, 1.82) is 0 Å². The zero-order valence-corrected chi connectivity index (χ0v) is 20.0. The Morgan fingerprint density at radius 1 is 0.971 bits per heavy atom. The van der Waals surface area contributed by atoms with Gasteiger partial charge in [0.05, 0.1) is 21.6 Å². The summed E-state index contributed by atoms with van der Waals surface area (Å²) in [6, 6.07) is 20.7. The molecule has 0 aliphatic carbocycles. The first-order chi connectivity index (χ1) is 16.4. The van der Waals surface area contributed by atoms with Gasteiger partial charge in [0.15, 0.2) is 0 Å². The second-order valence-corrected chi connectivity index (χ2v) is 8.77. The molecule has 0 spiro atoms. The van der Waals surface area contributed by atoms with E-state index in [2.05, 4.69) is 16.7 Å². The maximum absolute atomic E-state index is 12.9. The fourth-order valence-electron chi connectivity index (χ4n) is 4.07. The zero-order valence-electron chi connectivity index (χ0n) is 19.3. The molecule has 0 atom stereocenters. The van der Waals surface area contributed by atoms with Crippen molar-refractivity contribution in [3.63, 3.8) is 0 Å². The molecule has 1 heterocycles. The highest BCUT2D eigenvalue weighted by molar-refractivity contribution is 6.33. The number of carbonyl (C=O) groups excluding carboxylic acids is 2. The number of nitrogens with zero attached hydrogens (tertiary/aromatic N) is 2. The maximum Gasteiger partial charge on any atom is 0.252 e. The number of anilines is 1. The Labute approximate surface area is 204 Å². The van der Waals surface area contributed by atoms with Gasteiger partial charge in [-0.3, -0.25) is 9.59 Å². The third-order valence-corrected chi connectivity index (χ3v) is 5.85. The molecule has 174 valence electrons. The van der Waals surface area contributed by atoms with Crippen LogP contribution in [0.1, 0.15) is 33.7 Å². The first kappa shape index (κ1) is 23.5. The Morgan fingerprint density at radius 3 is 2.44 bits per heavy atom. The molecule has 0 radical (unpaired) electrons. The van der Waals surface area contributed by atoms with E-state index in [0.29, 0.717) is 30.0 Å². The number of carbonyl (C=O) groups is 2. The second-order valence-electron chi connectivity index (χ2n) is 8.37. The molecule has 0 saturated heterocycles. The molecule has 34 heavy (non-hydrogen) atoms. The van der Waals surface area contributed by atoms with Gasteiger partial charge in [0.25, 0.3) is 5.91 Å². The van der Waals surface area contributed by atoms with Crippen LogP contribution in [0.4, 0.5) is 5.69 Å². The monoisotopic (exact) mass is 474 g/mol. The van der Waals surface area contributed by atoms with Crippen LogP contribution in [0.2, 0.25) is 5.02 Å². The summed E-state index contributed by atoms with van der Waals surface area (Å²) in [4.78, 5) is 30.0. The largest absolute Gasteiger partial charge is 0.352 e. The number of aromatic nitrogens is 2. The molecule has 2 N–H and O–H groups in total. The van der Waals surface area contributed by atoms with E-state index in [9.17, 15) is 9.59 Å². The number of imidazole rings is 1. The van der Waals surface area contributed by atoms with Gasteiger partial charge in [0.2, 0.25) is 5.91 Å². The molecule has 4 aromatic rings. The van der Waals surface area contributed by atoms with Crippen LogP contribution in [0.15, 0.2) is 66.7 Å². The first-order valence-electron chi connectivity index (χ1n) is 11.3. The summed E-state index contributed by atoms with van der Waals surface area (Å²) < 4.78 is 1.95. The quantitative estimate of drug-likeness (QED) is 0.340. The zero-order chi connectivity index (χ0) is 24.1. The molecule has 0 bridgehead atoms. The molecular formula is C27H27ClN4O2. The van der Waals surface area contributed by atoms with Gasteiger partial charge in [-0.1, -0.05) is 41.9 Å². The van der Waals surface area contributed by atoms with Crippen molar-refractivity contribution >= 4 is 40.1 Å². The second kappa shape index (κ2) is 10.5. The van der Waals surface area contributed by atoms with Crippen LogP contribution in [-0.4, -0.2) is 27.9 Å². The number of benzene rings is 3. The van der Waals surface area contributed by atoms with Gasteiger partial charge in [0.1, 0.15) is 12.4 Å². The van der Waals surface area contributed by atoms with Gasteiger partial charge in [-0.2, -0.15) is 0 Å². The van der Waals surface area contributed by atoms with Gasteiger partial charge < -0.3 is 15.2 Å². The van der Waals surface area contributed by atoms with E-state index in [1.165, 1.54) is 0 Å². The Balaban J connectivity index is 1.43. The van der Waals surface area contributed by atoms with Crippen LogP contribution < -0.4 is 10.6 Å². The van der Waals surface area contributed by atoms with Crippen LogP contribution in [0.3, 0.4) is 0 Å². The average molecular weight is 475 g/mol. The summed E-state index contributed by atoms with van der Waals surface area (Å²) >= 11 is 6.11. The van der Waals surface area contributed by atoms with Crippen molar-refractivity contribution in [3.8, 4) is 0 Å². The van der Waals surface area contributed by atoms with Crippen LogP contribution in [-0.2, 0) is 17.8 Å². The molecule has 0 aliphatic heterocycles. The standard InChI is InChI=1S/C27H27ClN4O2/c1-18-14-19(2)16-20(15-18)30-26(33)17-32-24-11-6-5-10-23(24)31-25(32)12-7-13-29-27(34)21-8-3-4-9-22(21)28/h3-6,8-11,14-16H,7,12-13,17H2,1-2H3,(H,29,34)(H,30,33). The predicted molar refractivity (Wildman–Crippen MR) is 136 cm³/mol. The maximum atomic E-state index is 12.9. The summed E-state index contributed by atoms with van der Waals surface area (Å²) in [6.07, 6.45) is 1.30. The predicted octanol–water partition coefficient (Wildman–Crippen LogP) is 5.31. The summed E-state index contributed by atoms with van der Waals surface area (Å²) in [7, 11) is 0. The molecule has 1 aromatic heterocycles. The SMILES string of the molecule is Cc1cc(C)cc(NC(=O)Cn2c(CCCNC(=O)c3ccccc3Cl)nc3ccccc32)c1. The lowest BCUT2D eigenvalue weighted by atomic mass is 10.1. The number of fused-ring (bicyclic) bond motifs is 1. The fraction of sp³-hybridized carbons (Fsp3) is 0.222. The molecular weight excluding hydrogens is 448 g/mol. The molecule has 3 aromatic carbocycles. The molecule has 0 fully saturated rings. The number of halogens is 1. The lowest BCUT2D eigenvalue weighted by molar-refractivity contribution is -0.116. The number of amides is 2. The highest BCUT2D eigenvalue weighted by Gasteiger charge is 2.15. The number of aryl methyl sites for hydroxylation is 3. The van der Waals surface area contributed by atoms with Crippen molar-refractivity contribution in [1.82, 2.24) is 14.9 Å². The average Bonchev–Trinajstić information content (AvgIpc) is 3.13. The van der Waals surface area contributed by atoms with Crippen molar-refractivity contribution in [3.05, 3.63) is 94.3 Å². The molecule has 4 rings (SSSR count). The van der Waals surface area contributed by atoms with Gasteiger partial charge in [-0.25, -0.2) is 4.98 Å². The van der Waals surface area contributed by atoms with Crippen molar-refractivity contribution < 1.29 is 9.59 Å². The highest BCUT2D eigenvalue weighted by atomic mass is 35.5. The van der Waals surface area contributed by atoms with Crippen molar-refractivity contribution in [2.75, 3.05) is 11.9 Å². The molecule has 2 amide bonds. The van der Waals surface area contributed by atoms with E-state index in [0.717, 1.165) is 33.7 Å². The van der Waals surface area contributed by atoms with Crippen molar-refractivity contribution in [2.24, 2.45) is 0 Å². The van der Waals surface area contributed by atoms with Gasteiger partial charge in [-0.15, -0.1) is 0 Å². The minimum atomic E-state index is -0.202. The lowest BCUT2D eigenvalue weighted by Gasteiger charge is -2.12. The minimum Gasteiger partial charge on any atom is -0.352 e. The van der Waals surface area contributed by atoms with E-state index >= 15 is 0 Å². The van der Waals surface area contributed by atoms with Gasteiger partial charge >= 0.3 is 0 Å². The summed E-state index contributed by atoms with van der Waals surface area (Å²) in [5, 5.41) is 6.34. The number of hydrogen-bond donors (Lipinski definition) is 2. The van der Waals surface area contributed by atoms with Gasteiger partial charge in [0, 0.05) is 18.7 Å². The van der Waals surface area contributed by atoms with Crippen LogP contribution in [0.5, 0.6) is 0 Å². The van der Waals surface area contributed by atoms with E-state index < -0.39 is 0 Å². The number of hydrogen-bond acceptors (Lipinski definition) is 3. The Kier molecular flexibility index (Phi) is 7.28. The lowest BCUT2D eigenvalue weighted by Crippen LogP contribution is -2.25. The van der Waals surface area contributed by atoms with Crippen molar-refractivity contribution in [2.45, 2.75) is 33.2 Å². The van der Waals surface area contributed by atoms with Crippen LogP contribution in [0.25, 0.3) is 11.0 Å². The Morgan fingerprint density at radius 2 is 1.68 bits per heavy atom. The highest BCUT2D eigenvalue weighted by Crippen LogP contribution is 2.19. The van der Waals surface area contributed by atoms with E-state index in [1.807, 2.05) is 54.8 Å². The summed E-state index contributed by atoms with van der Waals surface area (Å²) in [5.74, 6) is 0.497. The van der Waals surface area contributed by atoms with Crippen LogP contribution in [0, 0.1) is 13.8 Å². The van der Waals surface area contributed by atoms with E-state index in [-0.39, 0.29) is 18.4 Å². The topological polar surface area (TPSA) is 76.0 Å². The molecule has 0 saturated carbocycles. The number of para-hydroxylation sites is 2. The molecule has 0 unspecified atom stereocenters. The minimum absolute atomic E-state index is 0.110. The van der Waals surface area contributed by atoms with E-state index in [4.69, 9.17) is 16.6 Å².